The molecule has 0 spiro atoms. The van der Waals surface area contributed by atoms with Crippen molar-refractivity contribution in [3.8, 4) is 0 Å². The van der Waals surface area contributed by atoms with Gasteiger partial charge in [-0.25, -0.2) is 4.79 Å². The Morgan fingerprint density at radius 3 is 2.27 bits per heavy atom. The van der Waals surface area contributed by atoms with Gasteiger partial charge in [-0.3, -0.25) is 4.79 Å². The molecule has 0 unspecified atom stereocenters. The predicted molar refractivity (Wildman–Crippen MR) is 105 cm³/mol. The van der Waals surface area contributed by atoms with E-state index >= 15 is 0 Å². The third kappa shape index (κ3) is 5.20. The van der Waals surface area contributed by atoms with Crippen molar-refractivity contribution < 1.29 is 14.3 Å². The number of halogens is 1. The molecule has 136 valence electrons. The van der Waals surface area contributed by atoms with Crippen LogP contribution in [0, 0.1) is 0 Å². The zero-order chi connectivity index (χ0) is 19.2. The Hall–Kier alpha value is -2.59. The SMILES string of the molecule is CCOC(=O)/C=C/c1ccc(NC(=O)C(C)(C)c2ccc(Cl)cc2)cc1. The van der Waals surface area contributed by atoms with E-state index in [-0.39, 0.29) is 11.9 Å². The molecule has 0 aliphatic heterocycles. The van der Waals surface area contributed by atoms with Crippen LogP contribution in [0.2, 0.25) is 5.02 Å². The van der Waals surface area contributed by atoms with Gasteiger partial charge in [0, 0.05) is 16.8 Å². The van der Waals surface area contributed by atoms with Gasteiger partial charge in [-0.1, -0.05) is 35.9 Å². The molecule has 0 saturated carbocycles. The zero-order valence-electron chi connectivity index (χ0n) is 15.1. The third-order valence-electron chi connectivity index (χ3n) is 4.00. The molecule has 1 amide bonds. The summed E-state index contributed by atoms with van der Waals surface area (Å²) in [4.78, 5) is 24.0. The Kier molecular flexibility index (Phi) is 6.58. The van der Waals surface area contributed by atoms with Crippen LogP contribution in [0.4, 0.5) is 5.69 Å². The van der Waals surface area contributed by atoms with Gasteiger partial charge in [-0.15, -0.1) is 0 Å². The molecule has 0 saturated heterocycles. The average molecular weight is 372 g/mol. The lowest BCUT2D eigenvalue weighted by Gasteiger charge is -2.24. The highest BCUT2D eigenvalue weighted by Gasteiger charge is 2.29. The van der Waals surface area contributed by atoms with Crippen molar-refractivity contribution in [3.05, 3.63) is 70.8 Å². The van der Waals surface area contributed by atoms with E-state index < -0.39 is 5.41 Å². The van der Waals surface area contributed by atoms with Crippen molar-refractivity contribution in [3.63, 3.8) is 0 Å². The normalized spacial score (nSPS) is 11.4. The molecular weight excluding hydrogens is 350 g/mol. The summed E-state index contributed by atoms with van der Waals surface area (Å²) in [5, 5.41) is 3.56. The second-order valence-corrected chi connectivity index (χ2v) is 6.73. The van der Waals surface area contributed by atoms with E-state index in [9.17, 15) is 9.59 Å². The highest BCUT2D eigenvalue weighted by atomic mass is 35.5. The Balaban J connectivity index is 2.04. The maximum absolute atomic E-state index is 12.7. The minimum atomic E-state index is -0.701. The van der Waals surface area contributed by atoms with Crippen LogP contribution in [0.15, 0.2) is 54.6 Å². The minimum absolute atomic E-state index is 0.116. The van der Waals surface area contributed by atoms with E-state index in [1.54, 1.807) is 37.3 Å². The second kappa shape index (κ2) is 8.68. The second-order valence-electron chi connectivity index (χ2n) is 6.29. The molecule has 26 heavy (non-hydrogen) atoms. The number of hydrogen-bond acceptors (Lipinski definition) is 3. The number of hydrogen-bond donors (Lipinski definition) is 1. The van der Waals surface area contributed by atoms with Crippen molar-refractivity contribution in [2.75, 3.05) is 11.9 Å². The summed E-state index contributed by atoms with van der Waals surface area (Å²) in [6.07, 6.45) is 3.04. The first-order valence-electron chi connectivity index (χ1n) is 8.35. The number of carbonyl (C=O) groups excluding carboxylic acids is 2. The van der Waals surface area contributed by atoms with E-state index in [1.807, 2.05) is 38.1 Å². The molecule has 0 bridgehead atoms. The van der Waals surface area contributed by atoms with Gasteiger partial charge in [0.05, 0.1) is 12.0 Å². The highest BCUT2D eigenvalue weighted by molar-refractivity contribution is 6.30. The lowest BCUT2D eigenvalue weighted by molar-refractivity contribution is -0.137. The molecule has 0 aromatic heterocycles. The molecule has 2 rings (SSSR count). The van der Waals surface area contributed by atoms with Crippen molar-refractivity contribution in [1.82, 2.24) is 0 Å². The van der Waals surface area contributed by atoms with Crippen LogP contribution in [-0.2, 0) is 19.7 Å². The summed E-state index contributed by atoms with van der Waals surface area (Å²) in [5.41, 5.74) is 1.71. The maximum Gasteiger partial charge on any atom is 0.330 e. The number of benzene rings is 2. The number of rotatable bonds is 6. The molecule has 0 atom stereocenters. The summed E-state index contributed by atoms with van der Waals surface area (Å²) < 4.78 is 4.84. The number of esters is 1. The first-order chi connectivity index (χ1) is 12.3. The summed E-state index contributed by atoms with van der Waals surface area (Å²) in [5.74, 6) is -0.496. The van der Waals surface area contributed by atoms with Gasteiger partial charge >= 0.3 is 5.97 Å². The van der Waals surface area contributed by atoms with E-state index in [0.29, 0.717) is 17.3 Å². The maximum atomic E-state index is 12.7. The highest BCUT2D eigenvalue weighted by Crippen LogP contribution is 2.26. The Morgan fingerprint density at radius 1 is 1.08 bits per heavy atom. The first-order valence-corrected chi connectivity index (χ1v) is 8.73. The van der Waals surface area contributed by atoms with Gasteiger partial charge in [0.25, 0.3) is 0 Å². The van der Waals surface area contributed by atoms with E-state index in [4.69, 9.17) is 16.3 Å². The van der Waals surface area contributed by atoms with Crippen molar-refractivity contribution in [2.45, 2.75) is 26.2 Å². The summed E-state index contributed by atoms with van der Waals surface area (Å²) in [6, 6.07) is 14.5. The van der Waals surface area contributed by atoms with Gasteiger partial charge in [0.15, 0.2) is 0 Å². The molecule has 0 aliphatic rings. The molecule has 0 aliphatic carbocycles. The van der Waals surface area contributed by atoms with Crippen molar-refractivity contribution in [2.24, 2.45) is 0 Å². The average Bonchev–Trinajstić information content (AvgIpc) is 2.61. The standard InChI is InChI=1S/C21H22ClNO3/c1-4-26-19(24)14-7-15-5-12-18(13-6-15)23-20(25)21(2,3)16-8-10-17(22)11-9-16/h5-14H,4H2,1-3H3,(H,23,25)/b14-7+. The number of amides is 1. The lowest BCUT2D eigenvalue weighted by Crippen LogP contribution is -2.34. The van der Waals surface area contributed by atoms with Crippen molar-refractivity contribution in [1.29, 1.82) is 0 Å². The van der Waals surface area contributed by atoms with Gasteiger partial charge in [-0.05, 0) is 62.2 Å². The van der Waals surface area contributed by atoms with Gasteiger partial charge in [-0.2, -0.15) is 0 Å². The predicted octanol–water partition coefficient (Wildman–Crippen LogP) is 4.83. The van der Waals surface area contributed by atoms with Crippen LogP contribution in [-0.4, -0.2) is 18.5 Å². The van der Waals surface area contributed by atoms with Gasteiger partial charge < -0.3 is 10.1 Å². The molecule has 5 heteroatoms. The van der Waals surface area contributed by atoms with Crippen LogP contribution in [0.3, 0.4) is 0 Å². The Labute approximate surface area is 158 Å². The molecule has 0 fully saturated rings. The fraction of sp³-hybridized carbons (Fsp3) is 0.238. The number of nitrogens with one attached hydrogen (secondary N) is 1. The molecular formula is C21H22ClNO3. The minimum Gasteiger partial charge on any atom is -0.463 e. The molecule has 1 N–H and O–H groups in total. The van der Waals surface area contributed by atoms with Gasteiger partial charge in [0.1, 0.15) is 0 Å². The quantitative estimate of drug-likeness (QED) is 0.584. The van der Waals surface area contributed by atoms with Crippen LogP contribution >= 0.6 is 11.6 Å². The third-order valence-corrected chi connectivity index (χ3v) is 4.25. The van der Waals surface area contributed by atoms with Crippen LogP contribution in [0.5, 0.6) is 0 Å². The molecule has 2 aromatic rings. The monoisotopic (exact) mass is 371 g/mol. The van der Waals surface area contributed by atoms with Crippen LogP contribution < -0.4 is 5.32 Å². The van der Waals surface area contributed by atoms with Crippen LogP contribution in [0.25, 0.3) is 6.08 Å². The molecule has 2 aromatic carbocycles. The smallest absolute Gasteiger partial charge is 0.330 e. The summed E-state index contributed by atoms with van der Waals surface area (Å²) >= 11 is 5.91. The van der Waals surface area contributed by atoms with Gasteiger partial charge in [0.2, 0.25) is 5.91 Å². The fourth-order valence-electron chi connectivity index (χ4n) is 2.32. The Bertz CT molecular complexity index is 793. The first kappa shape index (κ1) is 19.7. The fourth-order valence-corrected chi connectivity index (χ4v) is 2.44. The summed E-state index contributed by atoms with van der Waals surface area (Å²) in [7, 11) is 0. The van der Waals surface area contributed by atoms with E-state index in [1.165, 1.54) is 6.08 Å². The number of carbonyl (C=O) groups is 2. The van der Waals surface area contributed by atoms with Crippen LogP contribution in [0.1, 0.15) is 31.9 Å². The lowest BCUT2D eigenvalue weighted by atomic mass is 9.83. The van der Waals surface area contributed by atoms with E-state index in [2.05, 4.69) is 5.32 Å². The molecule has 4 nitrogen and oxygen atoms in total. The largest absolute Gasteiger partial charge is 0.463 e. The van der Waals surface area contributed by atoms with Crippen molar-refractivity contribution >= 4 is 35.2 Å². The summed E-state index contributed by atoms with van der Waals surface area (Å²) in [6.45, 7) is 5.83. The Morgan fingerprint density at radius 2 is 1.69 bits per heavy atom. The van der Waals surface area contributed by atoms with E-state index in [0.717, 1.165) is 11.1 Å². The number of ether oxygens (including phenoxy) is 1. The molecule has 0 heterocycles. The zero-order valence-corrected chi connectivity index (χ0v) is 15.8. The number of anilines is 1. The molecule has 0 radical (unpaired) electrons. The topological polar surface area (TPSA) is 55.4 Å².